The lowest BCUT2D eigenvalue weighted by Crippen LogP contribution is -2.48. The predicted octanol–water partition coefficient (Wildman–Crippen LogP) is 0.487. The molecule has 0 aliphatic carbocycles. The maximum atomic E-state index is 11.8. The number of carbonyl (C=O) groups is 1. The van der Waals surface area contributed by atoms with Crippen molar-refractivity contribution in [1.29, 1.82) is 0 Å². The summed E-state index contributed by atoms with van der Waals surface area (Å²) in [4.78, 5) is 13.6. The normalized spacial score (nSPS) is 21.5. The minimum absolute atomic E-state index is 0.0954. The van der Waals surface area contributed by atoms with Crippen molar-refractivity contribution in [3.8, 4) is 0 Å². The molecule has 1 amide bonds. The molecule has 0 aromatic rings. The number of piperidine rings is 1. The first-order chi connectivity index (χ1) is 6.70. The fourth-order valence-electron chi connectivity index (χ4n) is 1.74. The first-order valence-corrected chi connectivity index (χ1v) is 5.49. The van der Waals surface area contributed by atoms with E-state index in [1.54, 1.807) is 4.90 Å². The Morgan fingerprint density at radius 1 is 1.47 bits per heavy atom. The molecule has 0 aromatic carbocycles. The molecule has 1 aliphatic heterocycles. The van der Waals surface area contributed by atoms with E-state index in [-0.39, 0.29) is 5.91 Å². The topological polar surface area (TPSA) is 66.6 Å². The van der Waals surface area contributed by atoms with Crippen molar-refractivity contribution in [2.24, 2.45) is 5.73 Å². The molecule has 0 atom stereocenters. The molecular formula is C11H22N2O2. The number of nitrogens with zero attached hydrogens (tertiary/aromatic N) is 1. The Labute approximate surface area is 91.4 Å². The van der Waals surface area contributed by atoms with Crippen LogP contribution in [0.1, 0.15) is 40.0 Å². The zero-order valence-corrected chi connectivity index (χ0v) is 9.92. The third kappa shape index (κ3) is 4.18. The van der Waals surface area contributed by atoms with Crippen molar-refractivity contribution in [2.45, 2.75) is 51.2 Å². The highest BCUT2D eigenvalue weighted by atomic mass is 16.3. The molecule has 0 radical (unpaired) electrons. The van der Waals surface area contributed by atoms with E-state index in [4.69, 9.17) is 5.73 Å². The molecule has 1 rings (SSSR count). The van der Waals surface area contributed by atoms with E-state index in [1.165, 1.54) is 0 Å². The van der Waals surface area contributed by atoms with Crippen molar-refractivity contribution >= 4 is 5.91 Å². The molecule has 1 fully saturated rings. The molecule has 15 heavy (non-hydrogen) atoms. The Morgan fingerprint density at radius 3 is 2.33 bits per heavy atom. The van der Waals surface area contributed by atoms with Crippen LogP contribution in [0.4, 0.5) is 0 Å². The lowest BCUT2D eigenvalue weighted by atomic mass is 9.93. The number of aliphatic hydroxyl groups is 1. The molecule has 1 saturated heterocycles. The predicted molar refractivity (Wildman–Crippen MR) is 59.3 cm³/mol. The van der Waals surface area contributed by atoms with Crippen LogP contribution in [-0.2, 0) is 4.79 Å². The van der Waals surface area contributed by atoms with Gasteiger partial charge >= 0.3 is 0 Å². The Balaban J connectivity index is 2.44. The summed E-state index contributed by atoms with van der Waals surface area (Å²) < 4.78 is 0. The molecular weight excluding hydrogens is 192 g/mol. The van der Waals surface area contributed by atoms with E-state index in [0.29, 0.717) is 32.4 Å². The minimum atomic E-state index is -0.602. The quantitative estimate of drug-likeness (QED) is 0.703. The first kappa shape index (κ1) is 12.5. The Kier molecular flexibility index (Phi) is 3.41. The Bertz CT molecular complexity index is 233. The smallest absolute Gasteiger partial charge is 0.224 e. The number of hydrogen-bond donors (Lipinski definition) is 2. The van der Waals surface area contributed by atoms with Gasteiger partial charge in [-0.05, 0) is 33.6 Å². The average molecular weight is 214 g/mol. The van der Waals surface area contributed by atoms with Gasteiger partial charge in [-0.2, -0.15) is 0 Å². The molecule has 4 heteroatoms. The van der Waals surface area contributed by atoms with E-state index in [2.05, 4.69) is 0 Å². The lowest BCUT2D eigenvalue weighted by molar-refractivity contribution is -0.135. The summed E-state index contributed by atoms with van der Waals surface area (Å²) in [6.45, 7) is 6.81. The first-order valence-electron chi connectivity index (χ1n) is 5.49. The number of nitrogens with two attached hydrogens (primary N) is 1. The van der Waals surface area contributed by atoms with E-state index in [0.717, 1.165) is 0 Å². The second kappa shape index (κ2) is 4.10. The molecule has 1 aliphatic rings. The van der Waals surface area contributed by atoms with E-state index in [9.17, 15) is 9.90 Å². The van der Waals surface area contributed by atoms with Gasteiger partial charge in [-0.1, -0.05) is 0 Å². The van der Waals surface area contributed by atoms with Gasteiger partial charge in [0.2, 0.25) is 5.91 Å². The van der Waals surface area contributed by atoms with Crippen LogP contribution in [0.25, 0.3) is 0 Å². The maximum absolute atomic E-state index is 11.8. The van der Waals surface area contributed by atoms with Gasteiger partial charge in [0.05, 0.1) is 5.60 Å². The van der Waals surface area contributed by atoms with Crippen LogP contribution < -0.4 is 5.73 Å². The number of likely N-dealkylation sites (tertiary alicyclic amines) is 1. The molecule has 0 aromatic heterocycles. The third-order valence-corrected chi connectivity index (χ3v) is 2.80. The molecule has 1 heterocycles. The van der Waals surface area contributed by atoms with Gasteiger partial charge < -0.3 is 15.7 Å². The molecule has 88 valence electrons. The highest BCUT2D eigenvalue weighted by Gasteiger charge is 2.30. The van der Waals surface area contributed by atoms with Crippen molar-refractivity contribution < 1.29 is 9.90 Å². The average Bonchev–Trinajstić information content (AvgIpc) is 2.00. The lowest BCUT2D eigenvalue weighted by Gasteiger charge is -2.36. The van der Waals surface area contributed by atoms with Crippen LogP contribution in [0, 0.1) is 0 Å². The molecule has 0 bridgehead atoms. The van der Waals surface area contributed by atoms with Gasteiger partial charge in [0.25, 0.3) is 0 Å². The highest BCUT2D eigenvalue weighted by Crippen LogP contribution is 2.22. The molecule has 4 nitrogen and oxygen atoms in total. The molecule has 0 spiro atoms. The summed E-state index contributed by atoms with van der Waals surface area (Å²) in [5.74, 6) is 0.0954. The summed E-state index contributed by atoms with van der Waals surface area (Å²) >= 11 is 0. The van der Waals surface area contributed by atoms with Crippen LogP contribution in [0.2, 0.25) is 0 Å². The zero-order chi connectivity index (χ0) is 11.7. The Morgan fingerprint density at radius 2 is 1.93 bits per heavy atom. The monoisotopic (exact) mass is 214 g/mol. The van der Waals surface area contributed by atoms with Gasteiger partial charge in [-0.25, -0.2) is 0 Å². The van der Waals surface area contributed by atoms with Crippen molar-refractivity contribution in [1.82, 2.24) is 4.90 Å². The summed E-state index contributed by atoms with van der Waals surface area (Å²) in [6.07, 6.45) is 1.68. The standard InChI is InChI=1S/C11H22N2O2/c1-10(2,12)8-9(14)13-6-4-11(3,15)5-7-13/h15H,4-8,12H2,1-3H3. The van der Waals surface area contributed by atoms with Crippen molar-refractivity contribution in [3.05, 3.63) is 0 Å². The van der Waals surface area contributed by atoms with Crippen molar-refractivity contribution in [2.75, 3.05) is 13.1 Å². The number of rotatable bonds is 2. The molecule has 3 N–H and O–H groups in total. The van der Waals surface area contributed by atoms with Crippen LogP contribution >= 0.6 is 0 Å². The number of hydrogen-bond acceptors (Lipinski definition) is 3. The summed E-state index contributed by atoms with van der Waals surface area (Å²) in [7, 11) is 0. The summed E-state index contributed by atoms with van der Waals surface area (Å²) in [6, 6.07) is 0. The van der Waals surface area contributed by atoms with Crippen LogP contribution in [0.3, 0.4) is 0 Å². The van der Waals surface area contributed by atoms with E-state index >= 15 is 0 Å². The van der Waals surface area contributed by atoms with Crippen molar-refractivity contribution in [3.63, 3.8) is 0 Å². The van der Waals surface area contributed by atoms with E-state index in [1.807, 2.05) is 20.8 Å². The van der Waals surface area contributed by atoms with Gasteiger partial charge in [0, 0.05) is 25.0 Å². The van der Waals surface area contributed by atoms with E-state index < -0.39 is 11.1 Å². The third-order valence-electron chi connectivity index (χ3n) is 2.80. The second-order valence-electron chi connectivity index (χ2n) is 5.54. The van der Waals surface area contributed by atoms with Crippen LogP contribution in [0.15, 0.2) is 0 Å². The minimum Gasteiger partial charge on any atom is -0.390 e. The zero-order valence-electron chi connectivity index (χ0n) is 9.92. The van der Waals surface area contributed by atoms with Gasteiger partial charge in [0.1, 0.15) is 0 Å². The van der Waals surface area contributed by atoms with Crippen LogP contribution in [0.5, 0.6) is 0 Å². The summed E-state index contributed by atoms with van der Waals surface area (Å²) in [5.41, 5.74) is 4.75. The molecule has 0 saturated carbocycles. The number of carbonyl (C=O) groups excluding carboxylic acids is 1. The molecule has 0 unspecified atom stereocenters. The van der Waals surface area contributed by atoms with Gasteiger partial charge in [-0.15, -0.1) is 0 Å². The summed E-state index contributed by atoms with van der Waals surface area (Å²) in [5, 5.41) is 9.74. The van der Waals surface area contributed by atoms with Crippen LogP contribution in [-0.4, -0.2) is 40.1 Å². The van der Waals surface area contributed by atoms with Gasteiger partial charge in [0.15, 0.2) is 0 Å². The Hall–Kier alpha value is -0.610. The largest absolute Gasteiger partial charge is 0.390 e. The van der Waals surface area contributed by atoms with Gasteiger partial charge in [-0.3, -0.25) is 4.79 Å². The fraction of sp³-hybridized carbons (Fsp3) is 0.909. The maximum Gasteiger partial charge on any atom is 0.224 e. The fourth-order valence-corrected chi connectivity index (χ4v) is 1.74. The second-order valence-corrected chi connectivity index (χ2v) is 5.54. The number of amides is 1. The highest BCUT2D eigenvalue weighted by molar-refractivity contribution is 5.77. The SMILES string of the molecule is CC(C)(N)CC(=O)N1CCC(C)(O)CC1.